The lowest BCUT2D eigenvalue weighted by atomic mass is 9.67. The molecule has 15 rings (SSSR count). The van der Waals surface area contributed by atoms with E-state index in [-0.39, 0.29) is 0 Å². The van der Waals surface area contributed by atoms with Gasteiger partial charge in [-0.2, -0.15) is 0 Å². The maximum atomic E-state index is 2.56. The molecule has 0 unspecified atom stereocenters. The van der Waals surface area contributed by atoms with Crippen LogP contribution >= 0.6 is 0 Å². The molecule has 3 aliphatic rings. The first kappa shape index (κ1) is 45.1. The number of hydrogen-bond donors (Lipinski definition) is 0. The van der Waals surface area contributed by atoms with Crippen molar-refractivity contribution in [3.8, 4) is 11.1 Å². The summed E-state index contributed by atoms with van der Waals surface area (Å²) in [5, 5.41) is 11.1. The number of para-hydroxylation sites is 4. The molecule has 0 amide bonds. The van der Waals surface area contributed by atoms with E-state index in [1.165, 1.54) is 97.6 Å². The van der Waals surface area contributed by atoms with Gasteiger partial charge in [-0.3, -0.25) is 0 Å². The number of rotatable bonds is 8. The molecule has 0 saturated carbocycles. The first-order valence-electron chi connectivity index (χ1n) is 26.8. The normalized spacial score (nSPS) is 14.8. The van der Waals surface area contributed by atoms with Crippen LogP contribution in [0.3, 0.4) is 0 Å². The van der Waals surface area contributed by atoms with E-state index in [4.69, 9.17) is 0 Å². The fraction of sp³-hybridized carbons (Fsp3) is 0.0137. The smallest absolute Gasteiger partial charge is 0.184 e. The Balaban J connectivity index is 0.973. The maximum absolute atomic E-state index is 2.82. The topological polar surface area (TPSA) is 6.48 Å². The Hall–Kier alpha value is -9.33. The van der Waals surface area contributed by atoms with Gasteiger partial charge in [0.25, 0.3) is 0 Å². The van der Waals surface area contributed by atoms with Gasteiger partial charge in [-0.1, -0.05) is 267 Å². The molecular weight excluding hydrogens is 961 g/mol. The summed E-state index contributed by atoms with van der Waals surface area (Å²) in [4.78, 5) is 5.13. The van der Waals surface area contributed by atoms with Gasteiger partial charge in [0.05, 0.1) is 5.41 Å². The third-order valence-corrected chi connectivity index (χ3v) is 26.8. The summed E-state index contributed by atoms with van der Waals surface area (Å²) in [6.45, 7) is 0. The second kappa shape index (κ2) is 17.9. The van der Waals surface area contributed by atoms with Crippen LogP contribution in [0, 0.1) is 0 Å². The van der Waals surface area contributed by atoms with E-state index in [2.05, 4.69) is 325 Å². The van der Waals surface area contributed by atoms with E-state index in [0.29, 0.717) is 0 Å². The van der Waals surface area contributed by atoms with Crippen LogP contribution < -0.4 is 51.3 Å². The SMILES string of the molecule is c1ccc(C2(c3ccccc3)c3cc(N4c5ccccc5[Si](c5ccccc5)(c5ccccc5)c5ccccc54)ccc3-c3ccc(N4c5ccccc5[Si](c5ccccc5)(c5ccccc5)c5ccccc54)cc32)cc1. The number of hydrogen-bond acceptors (Lipinski definition) is 2. The fourth-order valence-electron chi connectivity index (χ4n) is 14.1. The van der Waals surface area contributed by atoms with Crippen molar-refractivity contribution in [1.82, 2.24) is 0 Å². The lowest BCUT2D eigenvalue weighted by molar-refractivity contribution is 0.768. The Bertz CT molecular complexity index is 3720. The largest absolute Gasteiger partial charge is 0.311 e. The van der Waals surface area contributed by atoms with Gasteiger partial charge in [0.2, 0.25) is 0 Å². The van der Waals surface area contributed by atoms with Crippen molar-refractivity contribution in [2.75, 3.05) is 9.80 Å². The minimum absolute atomic E-state index is 0.679. The third kappa shape index (κ3) is 6.40. The quantitative estimate of drug-likeness (QED) is 0.140. The number of nitrogens with zero attached hydrogens (tertiary/aromatic N) is 2. The van der Waals surface area contributed by atoms with Gasteiger partial charge in [-0.15, -0.1) is 0 Å². The monoisotopic (exact) mass is 1010 g/mol. The third-order valence-electron chi connectivity index (χ3n) is 17.1. The highest BCUT2D eigenvalue weighted by atomic mass is 28.3. The molecule has 77 heavy (non-hydrogen) atoms. The van der Waals surface area contributed by atoms with Gasteiger partial charge >= 0.3 is 0 Å². The maximum Gasteiger partial charge on any atom is 0.184 e. The first-order chi connectivity index (χ1) is 38.2. The summed E-state index contributed by atoms with van der Waals surface area (Å²) in [5.41, 5.74) is 14.0. The highest BCUT2D eigenvalue weighted by molar-refractivity contribution is 7.22. The van der Waals surface area contributed by atoms with Crippen LogP contribution in [0.2, 0.25) is 0 Å². The van der Waals surface area contributed by atoms with Gasteiger partial charge in [0.1, 0.15) is 0 Å². The minimum Gasteiger partial charge on any atom is -0.311 e. The number of fused-ring (bicyclic) bond motifs is 7. The summed E-state index contributed by atoms with van der Waals surface area (Å²) in [5.74, 6) is 0. The van der Waals surface area contributed by atoms with Crippen LogP contribution in [0.5, 0.6) is 0 Å². The fourth-order valence-corrected chi connectivity index (χ4v) is 24.3. The molecule has 0 spiro atoms. The molecule has 1 aliphatic carbocycles. The predicted molar refractivity (Wildman–Crippen MR) is 327 cm³/mol. The molecule has 0 N–H and O–H groups in total. The van der Waals surface area contributed by atoms with Crippen LogP contribution in [0.4, 0.5) is 34.1 Å². The molecule has 0 fully saturated rings. The Kier molecular flexibility index (Phi) is 10.5. The summed E-state index contributed by atoms with van der Waals surface area (Å²) in [6, 6.07) is 119. The van der Waals surface area contributed by atoms with E-state index in [1.54, 1.807) is 0 Å². The summed E-state index contributed by atoms with van der Waals surface area (Å²) in [6.07, 6.45) is 0. The Morgan fingerprint density at radius 1 is 0.234 bits per heavy atom. The summed E-state index contributed by atoms with van der Waals surface area (Å²) >= 11 is 0. The van der Waals surface area contributed by atoms with E-state index < -0.39 is 21.6 Å². The molecule has 0 radical (unpaired) electrons. The lowest BCUT2D eigenvalue weighted by Crippen LogP contribution is -2.77. The van der Waals surface area contributed by atoms with Gasteiger partial charge in [0.15, 0.2) is 16.1 Å². The molecule has 2 aliphatic heterocycles. The second-order valence-corrected chi connectivity index (χ2v) is 28.1. The minimum atomic E-state index is -2.82. The first-order valence-corrected chi connectivity index (χ1v) is 30.8. The molecule has 362 valence electrons. The van der Waals surface area contributed by atoms with Gasteiger partial charge in [-0.05, 0) is 123 Å². The van der Waals surface area contributed by atoms with E-state index in [0.717, 1.165) is 11.4 Å². The molecule has 0 saturated heterocycles. The van der Waals surface area contributed by atoms with Crippen LogP contribution in [0.1, 0.15) is 22.3 Å². The van der Waals surface area contributed by atoms with Crippen LogP contribution in [-0.2, 0) is 5.41 Å². The van der Waals surface area contributed by atoms with Crippen molar-refractivity contribution in [3.05, 3.63) is 338 Å². The van der Waals surface area contributed by atoms with Crippen molar-refractivity contribution >= 4 is 91.8 Å². The molecule has 2 nitrogen and oxygen atoms in total. The van der Waals surface area contributed by atoms with E-state index in [9.17, 15) is 0 Å². The number of benzene rings is 12. The van der Waals surface area contributed by atoms with Crippen LogP contribution in [0.25, 0.3) is 11.1 Å². The van der Waals surface area contributed by atoms with E-state index >= 15 is 0 Å². The molecule has 0 atom stereocenters. The summed E-state index contributed by atoms with van der Waals surface area (Å²) in [7, 11) is -5.64. The molecule has 0 aromatic heterocycles. The van der Waals surface area contributed by atoms with Crippen molar-refractivity contribution < 1.29 is 0 Å². The zero-order valence-corrected chi connectivity index (χ0v) is 44.4. The van der Waals surface area contributed by atoms with Crippen molar-refractivity contribution in [1.29, 1.82) is 0 Å². The molecule has 0 bridgehead atoms. The average Bonchev–Trinajstić information content (AvgIpc) is 3.96. The van der Waals surface area contributed by atoms with Gasteiger partial charge in [0, 0.05) is 34.1 Å². The predicted octanol–water partition coefficient (Wildman–Crippen LogP) is 12.4. The van der Waals surface area contributed by atoms with Crippen molar-refractivity contribution in [3.63, 3.8) is 0 Å². The molecule has 4 heteroatoms. The summed E-state index contributed by atoms with van der Waals surface area (Å²) < 4.78 is 0. The van der Waals surface area contributed by atoms with E-state index in [1.807, 2.05) is 0 Å². The zero-order chi connectivity index (χ0) is 51.0. The highest BCUT2D eigenvalue weighted by Crippen LogP contribution is 2.58. The molecule has 2 heterocycles. The van der Waals surface area contributed by atoms with Crippen LogP contribution in [-0.4, -0.2) is 16.1 Å². The lowest BCUT2D eigenvalue weighted by Gasteiger charge is -2.45. The van der Waals surface area contributed by atoms with Gasteiger partial charge < -0.3 is 9.80 Å². The van der Waals surface area contributed by atoms with Crippen molar-refractivity contribution in [2.45, 2.75) is 5.41 Å². The Labute approximate surface area is 453 Å². The van der Waals surface area contributed by atoms with Crippen LogP contribution in [0.15, 0.2) is 315 Å². The second-order valence-electron chi connectivity index (χ2n) is 20.6. The van der Waals surface area contributed by atoms with Crippen molar-refractivity contribution in [2.24, 2.45) is 0 Å². The molecule has 12 aromatic rings. The van der Waals surface area contributed by atoms with Gasteiger partial charge in [-0.25, -0.2) is 0 Å². The highest BCUT2D eigenvalue weighted by Gasteiger charge is 2.52. The average molecular weight is 1010 g/mol. The number of anilines is 6. The molecule has 12 aromatic carbocycles. The Morgan fingerprint density at radius 2 is 0.481 bits per heavy atom. The molecular formula is C73H52N2Si2. The zero-order valence-electron chi connectivity index (χ0n) is 42.4. The Morgan fingerprint density at radius 3 is 0.766 bits per heavy atom. The standard InChI is InChI=1S/C73H52N2Si2/c1-7-27-53(28-8-1)73(54-29-9-2-10-30-54)63-51-55(74-65-39-19-23-43-69(65)76(57-31-11-3-12-32-57,58-33-13-4-14-34-58)70-44-24-20-40-66(70)74)47-49-61(63)62-50-48-56(52-64(62)73)75-67-41-21-25-45-71(67)77(59-35-15-5-16-36-59,60-37-17-6-18-38-60)72-46-26-22-42-68(72)75/h1-52H.